The number of amides is 1. The Morgan fingerprint density at radius 2 is 2.47 bits per heavy atom. The van der Waals surface area contributed by atoms with Gasteiger partial charge in [-0.1, -0.05) is 0 Å². The summed E-state index contributed by atoms with van der Waals surface area (Å²) in [4.78, 5) is 15.5. The van der Waals surface area contributed by atoms with Gasteiger partial charge in [0.25, 0.3) is 5.91 Å². The van der Waals surface area contributed by atoms with Crippen molar-refractivity contribution >= 4 is 21.8 Å². The van der Waals surface area contributed by atoms with E-state index in [0.29, 0.717) is 23.0 Å². The quantitative estimate of drug-likeness (QED) is 0.672. The number of halogens is 1. The van der Waals surface area contributed by atoms with Gasteiger partial charge in [-0.2, -0.15) is 0 Å². The molecule has 78 valence electrons. The van der Waals surface area contributed by atoms with Crippen molar-refractivity contribution in [3.63, 3.8) is 0 Å². The third-order valence-corrected chi connectivity index (χ3v) is 2.36. The molecule has 0 spiro atoms. The van der Waals surface area contributed by atoms with Gasteiger partial charge in [-0.05, 0) is 28.9 Å². The Kier molecular flexibility index (Phi) is 4.85. The highest BCUT2D eigenvalue weighted by Gasteiger charge is 2.07. The molecule has 0 aliphatic carbocycles. The molecular weight excluding hydrogens is 256 g/mol. The van der Waals surface area contributed by atoms with Gasteiger partial charge < -0.3 is 5.32 Å². The van der Waals surface area contributed by atoms with E-state index >= 15 is 0 Å². The van der Waals surface area contributed by atoms with Crippen LogP contribution in [0.1, 0.15) is 23.7 Å². The van der Waals surface area contributed by atoms with Crippen molar-refractivity contribution in [3.8, 4) is 11.8 Å². The molecule has 0 aliphatic heterocycles. The molecule has 0 aliphatic rings. The molecule has 0 saturated heterocycles. The lowest BCUT2D eigenvalue weighted by atomic mass is 10.2. The molecule has 0 bridgehead atoms. The van der Waals surface area contributed by atoms with Gasteiger partial charge in [-0.15, -0.1) is 11.8 Å². The fraction of sp³-hybridized carbons (Fsp3) is 0.273. The number of rotatable bonds is 3. The van der Waals surface area contributed by atoms with Crippen molar-refractivity contribution in [1.82, 2.24) is 10.3 Å². The van der Waals surface area contributed by atoms with Crippen LogP contribution in [0.4, 0.5) is 0 Å². The number of aromatic nitrogens is 1. The summed E-state index contributed by atoms with van der Waals surface area (Å²) in [6, 6.07) is 1.67. The SMILES string of the molecule is CC#CCCNC(=O)c1ccncc1Br. The second-order valence-electron chi connectivity index (χ2n) is 2.79. The molecule has 1 heterocycles. The van der Waals surface area contributed by atoms with Crippen molar-refractivity contribution < 1.29 is 4.79 Å². The van der Waals surface area contributed by atoms with Gasteiger partial charge in [0.2, 0.25) is 0 Å². The van der Waals surface area contributed by atoms with Crippen LogP contribution in [-0.2, 0) is 0 Å². The zero-order chi connectivity index (χ0) is 11.1. The summed E-state index contributed by atoms with van der Waals surface area (Å²) in [5, 5.41) is 2.78. The number of carbonyl (C=O) groups excluding carboxylic acids is 1. The van der Waals surface area contributed by atoms with E-state index in [2.05, 4.69) is 38.1 Å². The predicted octanol–water partition coefficient (Wildman–Crippen LogP) is 1.99. The van der Waals surface area contributed by atoms with E-state index in [0.717, 1.165) is 0 Å². The highest BCUT2D eigenvalue weighted by atomic mass is 79.9. The van der Waals surface area contributed by atoms with Crippen LogP contribution in [0.25, 0.3) is 0 Å². The molecular formula is C11H11BrN2O. The number of pyridine rings is 1. The second kappa shape index (κ2) is 6.20. The Morgan fingerprint density at radius 3 is 3.13 bits per heavy atom. The maximum Gasteiger partial charge on any atom is 0.252 e. The van der Waals surface area contributed by atoms with Crippen LogP contribution in [0.5, 0.6) is 0 Å². The molecule has 15 heavy (non-hydrogen) atoms. The van der Waals surface area contributed by atoms with Crippen LogP contribution in [-0.4, -0.2) is 17.4 Å². The van der Waals surface area contributed by atoms with E-state index in [4.69, 9.17) is 0 Å². The van der Waals surface area contributed by atoms with Crippen LogP contribution in [0.3, 0.4) is 0 Å². The molecule has 0 radical (unpaired) electrons. The van der Waals surface area contributed by atoms with Crippen molar-refractivity contribution in [3.05, 3.63) is 28.5 Å². The normalized spacial score (nSPS) is 8.93. The topological polar surface area (TPSA) is 42.0 Å². The molecule has 0 saturated carbocycles. The smallest absolute Gasteiger partial charge is 0.252 e. The Balaban J connectivity index is 2.53. The van der Waals surface area contributed by atoms with Crippen LogP contribution < -0.4 is 5.32 Å². The van der Waals surface area contributed by atoms with Gasteiger partial charge in [-0.3, -0.25) is 9.78 Å². The lowest BCUT2D eigenvalue weighted by molar-refractivity contribution is 0.0953. The maximum atomic E-state index is 11.6. The number of nitrogens with one attached hydrogen (secondary N) is 1. The molecule has 1 aromatic heterocycles. The molecule has 1 rings (SSSR count). The summed E-state index contributed by atoms with van der Waals surface area (Å²) in [5.41, 5.74) is 0.592. The number of hydrogen-bond acceptors (Lipinski definition) is 2. The van der Waals surface area contributed by atoms with Gasteiger partial charge in [-0.25, -0.2) is 0 Å². The van der Waals surface area contributed by atoms with E-state index < -0.39 is 0 Å². The highest BCUT2D eigenvalue weighted by molar-refractivity contribution is 9.10. The maximum absolute atomic E-state index is 11.6. The fourth-order valence-electron chi connectivity index (χ4n) is 1.02. The zero-order valence-electron chi connectivity index (χ0n) is 8.38. The Labute approximate surface area is 97.4 Å². The number of nitrogens with zero attached hydrogens (tertiary/aromatic N) is 1. The van der Waals surface area contributed by atoms with E-state index in [1.54, 1.807) is 25.4 Å². The molecule has 1 N–H and O–H groups in total. The standard InChI is InChI=1S/C11H11BrN2O/c1-2-3-4-6-14-11(15)9-5-7-13-8-10(9)12/h5,7-8H,4,6H2,1H3,(H,14,15). The number of hydrogen-bond donors (Lipinski definition) is 1. The van der Waals surface area contributed by atoms with Crippen molar-refractivity contribution in [2.75, 3.05) is 6.54 Å². The molecule has 1 amide bonds. The largest absolute Gasteiger partial charge is 0.351 e. The van der Waals surface area contributed by atoms with E-state index in [1.165, 1.54) is 0 Å². The Morgan fingerprint density at radius 1 is 1.67 bits per heavy atom. The summed E-state index contributed by atoms with van der Waals surface area (Å²) in [7, 11) is 0. The Hall–Kier alpha value is -1.34. The fourth-order valence-corrected chi connectivity index (χ4v) is 1.45. The average molecular weight is 267 g/mol. The third kappa shape index (κ3) is 3.72. The Bertz CT molecular complexity index is 407. The highest BCUT2D eigenvalue weighted by Crippen LogP contribution is 2.13. The monoisotopic (exact) mass is 266 g/mol. The van der Waals surface area contributed by atoms with Crippen LogP contribution in [0, 0.1) is 11.8 Å². The van der Waals surface area contributed by atoms with Gasteiger partial charge in [0.05, 0.1) is 5.56 Å². The molecule has 0 aromatic carbocycles. The molecule has 0 fully saturated rings. The van der Waals surface area contributed by atoms with Crippen molar-refractivity contribution in [2.45, 2.75) is 13.3 Å². The van der Waals surface area contributed by atoms with Crippen LogP contribution in [0.2, 0.25) is 0 Å². The van der Waals surface area contributed by atoms with Crippen molar-refractivity contribution in [2.24, 2.45) is 0 Å². The first kappa shape index (κ1) is 11.7. The molecule has 0 unspecified atom stereocenters. The average Bonchev–Trinajstić information content (AvgIpc) is 2.25. The summed E-state index contributed by atoms with van der Waals surface area (Å²) in [6.07, 6.45) is 3.86. The molecule has 3 nitrogen and oxygen atoms in total. The predicted molar refractivity (Wildman–Crippen MR) is 62.3 cm³/mol. The van der Waals surface area contributed by atoms with Crippen LogP contribution in [0.15, 0.2) is 22.9 Å². The summed E-state index contributed by atoms with van der Waals surface area (Å²) >= 11 is 3.27. The van der Waals surface area contributed by atoms with Gasteiger partial charge in [0, 0.05) is 29.8 Å². The zero-order valence-corrected chi connectivity index (χ0v) is 9.97. The first-order chi connectivity index (χ1) is 7.25. The summed E-state index contributed by atoms with van der Waals surface area (Å²) < 4.78 is 0.698. The van der Waals surface area contributed by atoms with Crippen molar-refractivity contribution in [1.29, 1.82) is 0 Å². The van der Waals surface area contributed by atoms with Crippen LogP contribution >= 0.6 is 15.9 Å². The summed E-state index contributed by atoms with van der Waals surface area (Å²) in [5.74, 6) is 5.54. The van der Waals surface area contributed by atoms with Gasteiger partial charge in [0.15, 0.2) is 0 Å². The lowest BCUT2D eigenvalue weighted by Crippen LogP contribution is -2.24. The third-order valence-electron chi connectivity index (χ3n) is 1.73. The van der Waals surface area contributed by atoms with Gasteiger partial charge >= 0.3 is 0 Å². The first-order valence-electron chi connectivity index (χ1n) is 4.53. The number of carbonyl (C=O) groups is 1. The minimum Gasteiger partial charge on any atom is -0.351 e. The van der Waals surface area contributed by atoms with E-state index in [9.17, 15) is 4.79 Å². The minimum atomic E-state index is -0.109. The molecule has 0 atom stereocenters. The molecule has 4 heteroatoms. The lowest BCUT2D eigenvalue weighted by Gasteiger charge is -2.03. The second-order valence-corrected chi connectivity index (χ2v) is 3.64. The summed E-state index contributed by atoms with van der Waals surface area (Å²) in [6.45, 7) is 2.34. The van der Waals surface area contributed by atoms with E-state index in [-0.39, 0.29) is 5.91 Å². The molecule has 1 aromatic rings. The minimum absolute atomic E-state index is 0.109. The van der Waals surface area contributed by atoms with Gasteiger partial charge in [0.1, 0.15) is 0 Å². The van der Waals surface area contributed by atoms with E-state index in [1.807, 2.05) is 0 Å². The first-order valence-corrected chi connectivity index (χ1v) is 5.32.